The number of hydrogen-bond donors (Lipinski definition) is 1. The van der Waals surface area contributed by atoms with Crippen LogP contribution in [0.15, 0.2) is 12.2 Å². The highest BCUT2D eigenvalue weighted by atomic mass is 32.2. The van der Waals surface area contributed by atoms with E-state index in [4.69, 9.17) is 5.73 Å². The van der Waals surface area contributed by atoms with Crippen LogP contribution in [0.25, 0.3) is 0 Å². The van der Waals surface area contributed by atoms with Crippen molar-refractivity contribution in [1.29, 1.82) is 0 Å². The van der Waals surface area contributed by atoms with Crippen LogP contribution in [-0.4, -0.2) is 27.5 Å². The fourth-order valence-corrected chi connectivity index (χ4v) is 9.18. The lowest BCUT2D eigenvalue weighted by Gasteiger charge is -2.60. The van der Waals surface area contributed by atoms with Crippen molar-refractivity contribution < 1.29 is 9.00 Å². The fraction of sp³-hybridized carbons (Fsp3) is 0.870. The Morgan fingerprint density at radius 2 is 1.96 bits per heavy atom. The highest BCUT2D eigenvalue weighted by Gasteiger charge is 2.61. The van der Waals surface area contributed by atoms with E-state index in [2.05, 4.69) is 20.4 Å². The summed E-state index contributed by atoms with van der Waals surface area (Å²) in [6.07, 6.45) is 9.44. The third-order valence-corrected chi connectivity index (χ3v) is 11.1. The van der Waals surface area contributed by atoms with Crippen LogP contribution in [0.1, 0.15) is 71.6 Å². The van der Waals surface area contributed by atoms with Crippen LogP contribution in [0.3, 0.4) is 0 Å². The Hall–Kier alpha value is -0.480. The maximum absolute atomic E-state index is 12.7. The van der Waals surface area contributed by atoms with E-state index in [-0.39, 0.29) is 5.41 Å². The molecule has 0 spiro atoms. The number of fused-ring (bicyclic) bond motifs is 5. The van der Waals surface area contributed by atoms with E-state index in [1.807, 2.05) is 0 Å². The summed E-state index contributed by atoms with van der Waals surface area (Å²) in [5, 5.41) is 0.324. The molecule has 3 nitrogen and oxygen atoms in total. The summed E-state index contributed by atoms with van der Waals surface area (Å²) in [7, 11) is -0.746. The third-order valence-electron chi connectivity index (χ3n) is 9.20. The Morgan fingerprint density at radius 3 is 2.70 bits per heavy atom. The number of hydrogen-bond acceptors (Lipinski definition) is 3. The molecule has 2 unspecified atom stereocenters. The fourth-order valence-electron chi connectivity index (χ4n) is 7.61. The highest BCUT2D eigenvalue weighted by Crippen LogP contribution is 2.66. The highest BCUT2D eigenvalue weighted by molar-refractivity contribution is 7.85. The van der Waals surface area contributed by atoms with Gasteiger partial charge in [0.1, 0.15) is 5.78 Å². The smallest absolute Gasteiger partial charge is 0.139 e. The minimum Gasteiger partial charge on any atom is -0.330 e. The van der Waals surface area contributed by atoms with Gasteiger partial charge in [-0.2, -0.15) is 0 Å². The molecule has 4 heteroatoms. The zero-order valence-corrected chi connectivity index (χ0v) is 18.0. The second-order valence-electron chi connectivity index (χ2n) is 10.3. The maximum Gasteiger partial charge on any atom is 0.139 e. The first-order valence-electron chi connectivity index (χ1n) is 11.1. The van der Waals surface area contributed by atoms with Crippen molar-refractivity contribution in [3.05, 3.63) is 12.2 Å². The standard InChI is InChI=1S/C23H37NO2S/c1-15-13-17-18-5-6-21(25)23(18,3)10-8-19(17)22(2)9-7-16(14-20(15)22)27(26)12-4-11-24/h16-20H,1,4-14,24H2,2-3H3/t16?,17-,18-,19-,20?,22+,23-,27+/m0/s1. The molecule has 0 amide bonds. The van der Waals surface area contributed by atoms with E-state index in [1.165, 1.54) is 18.4 Å². The largest absolute Gasteiger partial charge is 0.330 e. The van der Waals surface area contributed by atoms with E-state index in [1.54, 1.807) is 0 Å². The third kappa shape index (κ3) is 3.01. The van der Waals surface area contributed by atoms with Gasteiger partial charge in [0, 0.05) is 33.6 Å². The lowest BCUT2D eigenvalue weighted by molar-refractivity contribution is -0.135. The van der Waals surface area contributed by atoms with Crippen molar-refractivity contribution in [3.63, 3.8) is 0 Å². The van der Waals surface area contributed by atoms with Crippen molar-refractivity contribution in [2.24, 2.45) is 40.2 Å². The minimum atomic E-state index is -0.746. The molecule has 0 radical (unpaired) electrons. The summed E-state index contributed by atoms with van der Waals surface area (Å²) in [4.78, 5) is 12.6. The monoisotopic (exact) mass is 391 g/mol. The molecule has 4 saturated carbocycles. The van der Waals surface area contributed by atoms with Crippen LogP contribution in [0.5, 0.6) is 0 Å². The quantitative estimate of drug-likeness (QED) is 0.730. The van der Waals surface area contributed by atoms with Crippen molar-refractivity contribution in [1.82, 2.24) is 0 Å². The van der Waals surface area contributed by atoms with Gasteiger partial charge in [-0.15, -0.1) is 0 Å². The Kier molecular flexibility index (Phi) is 5.20. The molecular formula is C23H37NO2S. The van der Waals surface area contributed by atoms with Gasteiger partial charge in [-0.3, -0.25) is 9.00 Å². The predicted molar refractivity (Wildman–Crippen MR) is 112 cm³/mol. The maximum atomic E-state index is 12.7. The van der Waals surface area contributed by atoms with Crippen LogP contribution >= 0.6 is 0 Å². The first kappa shape index (κ1) is 19.8. The van der Waals surface area contributed by atoms with Crippen molar-refractivity contribution in [3.8, 4) is 0 Å². The van der Waals surface area contributed by atoms with Gasteiger partial charge in [-0.05, 0) is 87.0 Å². The summed E-state index contributed by atoms with van der Waals surface area (Å²) < 4.78 is 12.7. The van der Waals surface area contributed by atoms with Crippen LogP contribution in [0, 0.1) is 34.5 Å². The van der Waals surface area contributed by atoms with Crippen LogP contribution < -0.4 is 5.73 Å². The molecule has 0 saturated heterocycles. The van der Waals surface area contributed by atoms with Gasteiger partial charge in [0.15, 0.2) is 0 Å². The van der Waals surface area contributed by atoms with E-state index in [0.29, 0.717) is 40.7 Å². The summed E-state index contributed by atoms with van der Waals surface area (Å²) in [5.74, 6) is 3.71. The minimum absolute atomic E-state index is 0.0639. The zero-order valence-electron chi connectivity index (χ0n) is 17.2. The molecule has 0 aromatic carbocycles. The summed E-state index contributed by atoms with van der Waals surface area (Å²) in [6.45, 7) is 9.92. The van der Waals surface area contributed by atoms with Gasteiger partial charge in [-0.1, -0.05) is 26.0 Å². The summed E-state index contributed by atoms with van der Waals surface area (Å²) in [6, 6.07) is 0. The molecule has 4 fully saturated rings. The van der Waals surface area contributed by atoms with Crippen LogP contribution in [0.4, 0.5) is 0 Å². The lowest BCUT2D eigenvalue weighted by atomic mass is 9.44. The molecule has 2 N–H and O–H groups in total. The van der Waals surface area contributed by atoms with Crippen molar-refractivity contribution >= 4 is 16.6 Å². The van der Waals surface area contributed by atoms with Gasteiger partial charge in [-0.25, -0.2) is 0 Å². The number of carbonyl (C=O) groups is 1. The molecular weight excluding hydrogens is 354 g/mol. The zero-order chi connectivity index (χ0) is 19.4. The van der Waals surface area contributed by atoms with Crippen LogP contribution in [0.2, 0.25) is 0 Å². The SMILES string of the molecule is C=C1C[C@@H]2[C@H](CC[C@]3(C)C(=O)CC[C@@H]23)[C@@]2(C)CCC([S@](=O)CCCN)CC12. The Bertz CT molecular complexity index is 661. The molecule has 0 bridgehead atoms. The average Bonchev–Trinajstić information content (AvgIpc) is 2.95. The molecule has 0 heterocycles. The molecule has 0 aromatic heterocycles. The Labute approximate surface area is 167 Å². The number of ketones is 1. The van der Waals surface area contributed by atoms with Gasteiger partial charge in [0.2, 0.25) is 0 Å². The molecule has 4 aliphatic carbocycles. The average molecular weight is 392 g/mol. The molecule has 8 atom stereocenters. The Balaban J connectivity index is 1.55. The number of allylic oxidation sites excluding steroid dienone is 1. The van der Waals surface area contributed by atoms with Gasteiger partial charge in [0.05, 0.1) is 0 Å². The summed E-state index contributed by atoms with van der Waals surface area (Å²) >= 11 is 0. The molecule has 0 aliphatic heterocycles. The first-order valence-corrected chi connectivity index (χ1v) is 12.5. The van der Waals surface area contributed by atoms with Gasteiger partial charge in [0.25, 0.3) is 0 Å². The topological polar surface area (TPSA) is 60.2 Å². The van der Waals surface area contributed by atoms with Crippen molar-refractivity contribution in [2.75, 3.05) is 12.3 Å². The second-order valence-corrected chi connectivity index (χ2v) is 12.2. The molecule has 27 heavy (non-hydrogen) atoms. The number of rotatable bonds is 4. The first-order chi connectivity index (χ1) is 12.8. The Morgan fingerprint density at radius 1 is 1.19 bits per heavy atom. The molecule has 4 rings (SSSR count). The van der Waals surface area contributed by atoms with Crippen LogP contribution in [-0.2, 0) is 15.6 Å². The number of Topliss-reactive ketones (excluding diaryl/α,β-unsaturated/α-hetero) is 1. The second kappa shape index (κ2) is 7.09. The molecule has 152 valence electrons. The predicted octanol–water partition coefficient (Wildman–Crippen LogP) is 4.23. The van der Waals surface area contributed by atoms with Gasteiger partial charge < -0.3 is 5.73 Å². The van der Waals surface area contributed by atoms with E-state index >= 15 is 0 Å². The van der Waals surface area contributed by atoms with Gasteiger partial charge >= 0.3 is 0 Å². The van der Waals surface area contributed by atoms with E-state index < -0.39 is 10.8 Å². The number of carbonyl (C=O) groups excluding carboxylic acids is 1. The van der Waals surface area contributed by atoms with E-state index in [0.717, 1.165) is 56.6 Å². The summed E-state index contributed by atoms with van der Waals surface area (Å²) in [5.41, 5.74) is 7.24. The van der Waals surface area contributed by atoms with E-state index in [9.17, 15) is 9.00 Å². The lowest BCUT2D eigenvalue weighted by Crippen LogP contribution is -2.55. The van der Waals surface area contributed by atoms with Crippen molar-refractivity contribution in [2.45, 2.75) is 76.9 Å². The number of nitrogens with two attached hydrogens (primary N) is 1. The molecule has 0 aromatic rings. The molecule has 4 aliphatic rings. The normalized spacial score (nSPS) is 47.9.